The Labute approximate surface area is 267 Å². The minimum absolute atomic E-state index is 0.0870. The smallest absolute Gasteiger partial charge is 0.279 e. The number of nitrogens with zero attached hydrogens (tertiary/aromatic N) is 3. The Kier molecular flexibility index (Phi) is 16.3. The van der Waals surface area contributed by atoms with Crippen molar-refractivity contribution in [1.82, 2.24) is 13.9 Å². The van der Waals surface area contributed by atoms with Crippen LogP contribution in [0, 0.1) is 0 Å². The number of aromatic nitrogens is 3. The Bertz CT molecular complexity index is 1690. The molecule has 0 bridgehead atoms. The molecule has 6 nitrogen and oxygen atoms in total. The number of rotatable bonds is 13. The molecule has 0 fully saturated rings. The van der Waals surface area contributed by atoms with Crippen molar-refractivity contribution in [2.24, 2.45) is 0 Å². The lowest BCUT2D eigenvalue weighted by molar-refractivity contribution is 0.554. The van der Waals surface area contributed by atoms with Gasteiger partial charge in [-0.05, 0) is 37.1 Å². The molecule has 0 spiro atoms. The first-order valence-corrected chi connectivity index (χ1v) is 16.2. The minimum Gasteiger partial charge on any atom is -0.279 e. The van der Waals surface area contributed by atoms with Crippen LogP contribution in [0.2, 0.25) is 0 Å². The SMILES string of the molecule is CCCCCCCCCCCCc1cccccccn(-n2cccccccc(-n3ccccccccc3=O)c2=O)c1=O. The van der Waals surface area contributed by atoms with E-state index in [1.165, 1.54) is 64.9 Å². The molecule has 3 rings (SSSR count). The monoisotopic (exact) mass is 605 g/mol. The maximum Gasteiger partial charge on any atom is 0.293 e. The second-order valence-electron chi connectivity index (χ2n) is 10.9. The highest BCUT2D eigenvalue weighted by molar-refractivity contribution is 5.27. The number of hydrogen-bond acceptors (Lipinski definition) is 3. The second kappa shape index (κ2) is 21.1. The molecule has 0 N–H and O–H groups in total. The Balaban J connectivity index is 2.09. The van der Waals surface area contributed by atoms with Crippen LogP contribution in [0.1, 0.15) is 76.7 Å². The standard InChI is InChI=1S/C39H47N3O3/c1-2-3-4-5-6-7-8-9-14-21-28-35-29-22-15-12-19-26-33-41(38(35)44)42-34-27-20-13-16-23-30-36(39(42)45)40-32-25-18-11-10-17-24-31-37(40)43/h10-13,15-20,22-27,29-34H,2-9,14,21,28H2,1H3. The molecule has 236 valence electrons. The van der Waals surface area contributed by atoms with Crippen LogP contribution in [-0.4, -0.2) is 13.9 Å². The molecule has 0 amide bonds. The van der Waals surface area contributed by atoms with Crippen LogP contribution >= 0.6 is 0 Å². The van der Waals surface area contributed by atoms with Crippen LogP contribution < -0.4 is 16.7 Å². The van der Waals surface area contributed by atoms with Crippen molar-refractivity contribution < 1.29 is 0 Å². The van der Waals surface area contributed by atoms with Gasteiger partial charge in [-0.1, -0.05) is 150 Å². The average Bonchev–Trinajstić information content (AvgIpc) is 3.05. The molecule has 0 aliphatic carbocycles. The van der Waals surface area contributed by atoms with E-state index in [9.17, 15) is 14.4 Å². The van der Waals surface area contributed by atoms with Gasteiger partial charge in [0.05, 0.1) is 0 Å². The molecule has 45 heavy (non-hydrogen) atoms. The van der Waals surface area contributed by atoms with Gasteiger partial charge in [-0.3, -0.25) is 19.0 Å². The van der Waals surface area contributed by atoms with Crippen LogP contribution in [0.4, 0.5) is 0 Å². The lowest BCUT2D eigenvalue weighted by Gasteiger charge is -2.10. The number of aryl methyl sites for hydroxylation is 1. The van der Waals surface area contributed by atoms with Gasteiger partial charge in [0.1, 0.15) is 5.69 Å². The summed E-state index contributed by atoms with van der Waals surface area (Å²) in [6.45, 7) is 2.24. The Morgan fingerprint density at radius 3 is 1.49 bits per heavy atom. The molecular weight excluding hydrogens is 558 g/mol. The van der Waals surface area contributed by atoms with Crippen molar-refractivity contribution >= 4 is 0 Å². The highest BCUT2D eigenvalue weighted by atomic mass is 16.2. The third kappa shape index (κ3) is 12.4. The van der Waals surface area contributed by atoms with Gasteiger partial charge in [0, 0.05) is 30.2 Å². The summed E-state index contributed by atoms with van der Waals surface area (Å²) in [4.78, 5) is 41.6. The average molecular weight is 606 g/mol. The molecule has 3 heterocycles. The third-order valence-electron chi connectivity index (χ3n) is 7.36. The zero-order valence-electron chi connectivity index (χ0n) is 26.5. The summed E-state index contributed by atoms with van der Waals surface area (Å²) in [6.07, 6.45) is 17.4. The topological polar surface area (TPSA) is 66.0 Å². The van der Waals surface area contributed by atoms with Gasteiger partial charge in [0.25, 0.3) is 16.7 Å². The van der Waals surface area contributed by atoms with Gasteiger partial charge in [0.2, 0.25) is 0 Å². The quantitative estimate of drug-likeness (QED) is 0.184. The molecule has 0 saturated heterocycles. The largest absolute Gasteiger partial charge is 0.293 e. The van der Waals surface area contributed by atoms with E-state index in [-0.39, 0.29) is 11.2 Å². The highest BCUT2D eigenvalue weighted by Gasteiger charge is 2.08. The molecule has 0 radical (unpaired) electrons. The lowest BCUT2D eigenvalue weighted by atomic mass is 10.0. The first kappa shape index (κ1) is 34.8. The van der Waals surface area contributed by atoms with Gasteiger partial charge >= 0.3 is 0 Å². The van der Waals surface area contributed by atoms with Crippen LogP contribution in [0.5, 0.6) is 0 Å². The maximum atomic E-state index is 14.3. The van der Waals surface area contributed by atoms with Gasteiger partial charge in [-0.2, -0.15) is 0 Å². The first-order chi connectivity index (χ1) is 22.1. The fourth-order valence-corrected chi connectivity index (χ4v) is 4.91. The molecule has 0 saturated carbocycles. The van der Waals surface area contributed by atoms with Crippen molar-refractivity contribution in [3.63, 3.8) is 0 Å². The molecule has 0 aromatic carbocycles. The van der Waals surface area contributed by atoms with Crippen molar-refractivity contribution in [3.8, 4) is 5.69 Å². The summed E-state index contributed by atoms with van der Waals surface area (Å²) in [5, 5.41) is 0. The molecule has 0 aliphatic heterocycles. The summed E-state index contributed by atoms with van der Waals surface area (Å²) in [5.41, 5.74) is -0.536. The van der Waals surface area contributed by atoms with E-state index >= 15 is 0 Å². The van der Waals surface area contributed by atoms with Gasteiger partial charge in [-0.15, -0.1) is 0 Å². The van der Waals surface area contributed by atoms with E-state index in [4.69, 9.17) is 0 Å². The Hall–Kier alpha value is -4.71. The third-order valence-corrected chi connectivity index (χ3v) is 7.36. The van der Waals surface area contributed by atoms with Crippen LogP contribution in [-0.2, 0) is 6.42 Å². The van der Waals surface area contributed by atoms with Gasteiger partial charge in [-0.25, -0.2) is 9.35 Å². The fraction of sp³-hybridized carbons (Fsp3) is 0.308. The van der Waals surface area contributed by atoms with E-state index in [0.29, 0.717) is 12.0 Å². The number of unbranched alkanes of at least 4 members (excludes halogenated alkanes) is 9. The lowest BCUT2D eigenvalue weighted by Crippen LogP contribution is -2.36. The van der Waals surface area contributed by atoms with Crippen molar-refractivity contribution in [1.29, 1.82) is 0 Å². The Morgan fingerprint density at radius 1 is 0.444 bits per heavy atom. The zero-order chi connectivity index (χ0) is 32.0. The second-order valence-corrected chi connectivity index (χ2v) is 10.9. The number of hydrogen-bond donors (Lipinski definition) is 0. The minimum atomic E-state index is -0.540. The highest BCUT2D eigenvalue weighted by Crippen LogP contribution is 2.11. The van der Waals surface area contributed by atoms with Crippen molar-refractivity contribution in [2.75, 3.05) is 0 Å². The molecule has 6 heteroatoms. The fourth-order valence-electron chi connectivity index (χ4n) is 4.91. The molecule has 3 aromatic rings. The Morgan fingerprint density at radius 2 is 0.889 bits per heavy atom. The van der Waals surface area contributed by atoms with E-state index < -0.39 is 11.1 Å². The van der Waals surface area contributed by atoms with Crippen LogP contribution in [0.15, 0.2) is 148 Å². The predicted molar refractivity (Wildman–Crippen MR) is 186 cm³/mol. The summed E-state index contributed by atoms with van der Waals surface area (Å²) in [5.74, 6) is 0. The summed E-state index contributed by atoms with van der Waals surface area (Å²) in [7, 11) is 0. The summed E-state index contributed by atoms with van der Waals surface area (Å²) >= 11 is 0. The van der Waals surface area contributed by atoms with Crippen molar-refractivity contribution in [3.05, 3.63) is 170 Å². The zero-order valence-corrected chi connectivity index (χ0v) is 26.5. The van der Waals surface area contributed by atoms with Crippen LogP contribution in [0.3, 0.4) is 0 Å². The molecular formula is C39H47N3O3. The molecule has 0 aliphatic rings. The molecule has 0 atom stereocenters. The molecule has 0 unspecified atom stereocenters. The first-order valence-electron chi connectivity index (χ1n) is 16.2. The summed E-state index contributed by atoms with van der Waals surface area (Å²) in [6, 6.07) is 33.2. The summed E-state index contributed by atoms with van der Waals surface area (Å²) < 4.78 is 3.88. The van der Waals surface area contributed by atoms with E-state index in [1.54, 1.807) is 85.3 Å². The van der Waals surface area contributed by atoms with Crippen molar-refractivity contribution in [2.45, 2.75) is 77.6 Å². The maximum absolute atomic E-state index is 14.3. The van der Waals surface area contributed by atoms with E-state index in [0.717, 1.165) is 19.3 Å². The molecule has 3 aromatic heterocycles. The van der Waals surface area contributed by atoms with E-state index in [1.807, 2.05) is 42.5 Å². The van der Waals surface area contributed by atoms with Gasteiger partial charge in [0.15, 0.2) is 0 Å². The van der Waals surface area contributed by atoms with E-state index in [2.05, 4.69) is 6.92 Å². The van der Waals surface area contributed by atoms with Gasteiger partial charge < -0.3 is 0 Å². The normalized spacial score (nSPS) is 10.2. The van der Waals surface area contributed by atoms with Crippen LogP contribution in [0.25, 0.3) is 5.69 Å². The predicted octanol–water partition coefficient (Wildman–Crippen LogP) is 8.31.